The van der Waals surface area contributed by atoms with Crippen molar-refractivity contribution in [3.63, 3.8) is 0 Å². The number of pyridine rings is 2. The molecule has 2 amide bonds. The number of aliphatic hydroxyl groups is 1. The van der Waals surface area contributed by atoms with Crippen LogP contribution in [-0.2, 0) is 45.5 Å². The predicted molar refractivity (Wildman–Crippen MR) is 272 cm³/mol. The van der Waals surface area contributed by atoms with E-state index in [0.29, 0.717) is 70.4 Å². The summed E-state index contributed by atoms with van der Waals surface area (Å²) in [5, 5.41) is 17.2. The quantitative estimate of drug-likeness (QED) is 0.0570. The predicted octanol–water partition coefficient (Wildman–Crippen LogP) is 6.80. The van der Waals surface area contributed by atoms with Crippen LogP contribution in [0.4, 0.5) is 34.4 Å². The highest BCUT2D eigenvalue weighted by molar-refractivity contribution is 7.46. The number of nitrogens with zero attached hydrogens (tertiary/aromatic N) is 9. The van der Waals surface area contributed by atoms with Crippen molar-refractivity contribution in [1.82, 2.24) is 29.4 Å². The zero-order chi connectivity index (χ0) is 50.6. The number of phosphoric acid groups is 1. The lowest BCUT2D eigenvalue weighted by Gasteiger charge is -2.48. The fourth-order valence-corrected chi connectivity index (χ4v) is 11.7. The third kappa shape index (κ3) is 10.2. The molecule has 9 rings (SSSR count). The van der Waals surface area contributed by atoms with Crippen LogP contribution in [0.3, 0.4) is 0 Å². The minimum absolute atomic E-state index is 0.110. The van der Waals surface area contributed by atoms with Crippen molar-refractivity contribution in [3.8, 4) is 17.1 Å². The highest BCUT2D eigenvalue weighted by Crippen LogP contribution is 2.45. The van der Waals surface area contributed by atoms with E-state index in [1.807, 2.05) is 30.3 Å². The maximum atomic E-state index is 14.1. The van der Waals surface area contributed by atoms with Gasteiger partial charge in [0.25, 0.3) is 11.8 Å². The Bertz CT molecular complexity index is 2900. The highest BCUT2D eigenvalue weighted by Gasteiger charge is 2.39. The largest absolute Gasteiger partial charge is 0.478 e. The van der Waals surface area contributed by atoms with E-state index >= 15 is 0 Å². The van der Waals surface area contributed by atoms with E-state index in [2.05, 4.69) is 79.1 Å². The molecule has 1 aromatic carbocycles. The van der Waals surface area contributed by atoms with Gasteiger partial charge >= 0.3 is 7.82 Å². The van der Waals surface area contributed by atoms with Gasteiger partial charge in [-0.1, -0.05) is 20.4 Å². The van der Waals surface area contributed by atoms with Gasteiger partial charge in [0.1, 0.15) is 17.1 Å². The molecule has 376 valence electrons. The molecule has 2 fully saturated rings. The zero-order valence-corrected chi connectivity index (χ0v) is 42.3. The molecule has 0 radical (unpaired) electrons. The van der Waals surface area contributed by atoms with Gasteiger partial charge in [-0.2, -0.15) is 0 Å². The number of carbonyl (C=O) groups is 2. The first-order valence-corrected chi connectivity index (χ1v) is 25.7. The fourth-order valence-electron chi connectivity index (χ4n) is 11.0. The molecule has 5 N–H and O–H groups in total. The number of rotatable bonds is 14. The van der Waals surface area contributed by atoms with E-state index in [-0.39, 0.29) is 41.8 Å². The van der Waals surface area contributed by atoms with Crippen LogP contribution in [0, 0.1) is 5.41 Å². The standard InChI is InChI=1S/C51H64N11O8P/c1-9-45(64)56-39-24-34(10-12-41(39)60-19-18-58(29-32(60)3)35-15-17-59(31(2)22-35)36-11-13-44(53-27-36)51(6,7)70-71(66,67)68)55-46-48(69-8)54-28-40(57-46)37-14-16-52-47(38(37)30-63)62-21-20-61-42(49(62)65)23-33-25-50(4,5)26-43(33)61/h9-14,16,23-24,27-28,31-32,35,63H,1,15,17-22,25-26,29-30H2,2-8H3,(H,55,57)(H,56,64)(H2,66,67,68)/t31-,32-,35?/m0/s1. The summed E-state index contributed by atoms with van der Waals surface area (Å²) in [6.45, 7) is 19.6. The molecule has 20 heteroatoms. The van der Waals surface area contributed by atoms with Gasteiger partial charge < -0.3 is 44.6 Å². The Morgan fingerprint density at radius 3 is 2.48 bits per heavy atom. The van der Waals surface area contributed by atoms with Crippen LogP contribution in [0.5, 0.6) is 5.88 Å². The first kappa shape index (κ1) is 49.8. The van der Waals surface area contributed by atoms with Crippen molar-refractivity contribution < 1.29 is 38.3 Å². The van der Waals surface area contributed by atoms with E-state index in [1.165, 1.54) is 24.4 Å². The number of hydrogen-bond donors (Lipinski definition) is 5. The van der Waals surface area contributed by atoms with Crippen LogP contribution >= 0.6 is 7.82 Å². The monoisotopic (exact) mass is 989 g/mol. The summed E-state index contributed by atoms with van der Waals surface area (Å²) in [5.74, 6) is 0.404. The Morgan fingerprint density at radius 2 is 1.79 bits per heavy atom. The molecule has 71 heavy (non-hydrogen) atoms. The first-order chi connectivity index (χ1) is 33.8. The number of hydrogen-bond acceptors (Lipinski definition) is 14. The number of methoxy groups -OCH3 is 1. The SMILES string of the molecule is C=CC(=O)Nc1cc(Nc2nc(-c3ccnc(N4CCn5c(cc6c5CC(C)(C)C6)C4=O)c3CO)cnc2OC)ccc1N1CCN(C2CCN(c3ccc(C(C)(C)OP(=O)(O)O)nc3)[C@@H](C)C2)C[C@@H]1C. The van der Waals surface area contributed by atoms with Crippen molar-refractivity contribution >= 4 is 54.0 Å². The molecule has 3 atom stereocenters. The summed E-state index contributed by atoms with van der Waals surface area (Å²) in [7, 11) is -3.20. The molecule has 0 bridgehead atoms. The summed E-state index contributed by atoms with van der Waals surface area (Å²) >= 11 is 0. The smallest absolute Gasteiger partial charge is 0.470 e. The minimum Gasteiger partial charge on any atom is -0.478 e. The Labute approximate surface area is 414 Å². The average Bonchev–Trinajstić information content (AvgIpc) is 3.82. The van der Waals surface area contributed by atoms with Gasteiger partial charge in [-0.3, -0.25) is 28.9 Å². The van der Waals surface area contributed by atoms with Crippen molar-refractivity contribution in [1.29, 1.82) is 0 Å². The van der Waals surface area contributed by atoms with Gasteiger partial charge in [-0.25, -0.2) is 19.5 Å². The molecule has 0 spiro atoms. The van der Waals surface area contributed by atoms with E-state index in [0.717, 1.165) is 63.2 Å². The molecule has 1 unspecified atom stereocenters. The number of nitrogens with one attached hydrogen (secondary N) is 2. The molecule has 0 saturated carbocycles. The van der Waals surface area contributed by atoms with E-state index in [9.17, 15) is 29.0 Å². The molecule has 5 aromatic rings. The van der Waals surface area contributed by atoms with E-state index in [4.69, 9.17) is 14.2 Å². The number of aliphatic hydroxyl groups excluding tert-OH is 1. The molecule has 19 nitrogen and oxygen atoms in total. The highest BCUT2D eigenvalue weighted by atomic mass is 31.2. The number of piperazine rings is 1. The van der Waals surface area contributed by atoms with Crippen molar-refractivity contribution in [2.45, 2.75) is 104 Å². The molecule has 2 saturated heterocycles. The van der Waals surface area contributed by atoms with Crippen molar-refractivity contribution in [2.24, 2.45) is 5.41 Å². The molecule has 4 aliphatic rings. The van der Waals surface area contributed by atoms with Crippen LogP contribution in [-0.4, -0.2) is 114 Å². The van der Waals surface area contributed by atoms with Crippen LogP contribution in [0.25, 0.3) is 11.3 Å². The summed E-state index contributed by atoms with van der Waals surface area (Å²) in [5.41, 5.74) is 6.91. The van der Waals surface area contributed by atoms with Crippen LogP contribution in [0.15, 0.2) is 73.7 Å². The van der Waals surface area contributed by atoms with Gasteiger partial charge in [0.05, 0.1) is 54.6 Å². The van der Waals surface area contributed by atoms with Crippen LogP contribution < -0.4 is 30.1 Å². The molecule has 7 heterocycles. The van der Waals surface area contributed by atoms with Gasteiger partial charge in [0, 0.05) is 86.1 Å². The number of ether oxygens (including phenoxy) is 1. The van der Waals surface area contributed by atoms with Gasteiger partial charge in [-0.15, -0.1) is 0 Å². The second-order valence-electron chi connectivity index (χ2n) is 20.4. The molecular formula is C51H64N11O8P. The molecular weight excluding hydrogens is 926 g/mol. The maximum absolute atomic E-state index is 14.1. The van der Waals surface area contributed by atoms with Gasteiger partial charge in [0.2, 0.25) is 5.91 Å². The Balaban J connectivity index is 0.894. The number of carbonyl (C=O) groups excluding carboxylic acids is 2. The third-order valence-electron chi connectivity index (χ3n) is 14.4. The Kier molecular flexibility index (Phi) is 13.6. The third-order valence-corrected chi connectivity index (χ3v) is 15.1. The summed E-state index contributed by atoms with van der Waals surface area (Å²) in [4.78, 5) is 73.3. The van der Waals surface area contributed by atoms with E-state index < -0.39 is 13.4 Å². The maximum Gasteiger partial charge on any atom is 0.470 e. The van der Waals surface area contributed by atoms with Gasteiger partial charge in [-0.05, 0) is 113 Å². The molecule has 3 aliphatic heterocycles. The zero-order valence-electron chi connectivity index (χ0n) is 41.4. The Hall–Kier alpha value is -6.21. The fraction of sp³-hybridized carbons (Fsp3) is 0.451. The van der Waals surface area contributed by atoms with Crippen molar-refractivity contribution in [2.75, 3.05) is 65.2 Å². The second-order valence-corrected chi connectivity index (χ2v) is 21.5. The average molecular weight is 990 g/mol. The Morgan fingerprint density at radius 1 is 0.986 bits per heavy atom. The number of fused-ring (bicyclic) bond motifs is 3. The lowest BCUT2D eigenvalue weighted by atomic mass is 9.90. The topological polar surface area (TPSA) is 224 Å². The number of anilines is 6. The van der Waals surface area contributed by atoms with E-state index in [1.54, 1.807) is 49.5 Å². The lowest BCUT2D eigenvalue weighted by molar-refractivity contribution is -0.111. The molecule has 4 aromatic heterocycles. The lowest BCUT2D eigenvalue weighted by Crippen LogP contribution is -2.58. The number of phosphoric ester groups is 1. The number of amides is 2. The van der Waals surface area contributed by atoms with Crippen LogP contribution in [0.1, 0.15) is 87.4 Å². The number of aromatic nitrogens is 5. The van der Waals surface area contributed by atoms with Crippen LogP contribution in [0.2, 0.25) is 0 Å². The summed E-state index contributed by atoms with van der Waals surface area (Å²) < 4.78 is 24.3. The van der Waals surface area contributed by atoms with Crippen molar-refractivity contribution in [3.05, 3.63) is 102 Å². The summed E-state index contributed by atoms with van der Waals surface area (Å²) in [6, 6.07) is 13.9. The summed E-state index contributed by atoms with van der Waals surface area (Å²) in [6.07, 6.45) is 9.93. The number of benzene rings is 1. The normalized spacial score (nSPS) is 20.4. The number of piperidine rings is 1. The first-order valence-electron chi connectivity index (χ1n) is 24.1. The molecule has 1 aliphatic carbocycles. The minimum atomic E-state index is -4.70. The van der Waals surface area contributed by atoms with Gasteiger partial charge in [0.15, 0.2) is 5.82 Å². The second kappa shape index (κ2) is 19.4.